The van der Waals surface area contributed by atoms with Crippen LogP contribution in [0.4, 0.5) is 4.39 Å². The molecule has 4 rings (SSSR count). The molecular weight excluding hydrogens is 385 g/mol. The monoisotopic (exact) mass is 415 g/mol. The van der Waals surface area contributed by atoms with E-state index in [1.165, 1.54) is 37.8 Å². The quantitative estimate of drug-likeness (QED) is 0.672. The van der Waals surface area contributed by atoms with Crippen molar-refractivity contribution >= 4 is 5.91 Å². The first-order valence-electron chi connectivity index (χ1n) is 11.0. The maximum absolute atomic E-state index is 13.2. The number of likely N-dealkylation sites (tertiary alicyclic amines) is 1. The summed E-state index contributed by atoms with van der Waals surface area (Å²) in [6.45, 7) is 2.00. The fraction of sp³-hybridized carbons (Fsp3) is 0.609. The van der Waals surface area contributed by atoms with Crippen LogP contribution in [0.3, 0.4) is 0 Å². The highest BCUT2D eigenvalue weighted by Gasteiger charge is 2.41. The molecule has 162 valence electrons. The minimum absolute atomic E-state index is 0.276. The number of aromatic nitrogens is 2. The maximum atomic E-state index is 13.2. The number of benzene rings is 1. The van der Waals surface area contributed by atoms with Gasteiger partial charge in [-0.2, -0.15) is 4.98 Å². The Bertz CT molecular complexity index is 838. The molecule has 1 saturated heterocycles. The van der Waals surface area contributed by atoms with E-state index in [1.54, 1.807) is 19.2 Å². The molecule has 0 radical (unpaired) electrons. The van der Waals surface area contributed by atoms with Crippen molar-refractivity contribution in [1.82, 2.24) is 15.0 Å². The Morgan fingerprint density at radius 2 is 1.93 bits per heavy atom. The van der Waals surface area contributed by atoms with Crippen molar-refractivity contribution in [1.29, 1.82) is 0 Å². The number of hydrogen-bond acceptors (Lipinski definition) is 5. The number of carbonyl (C=O) groups is 1. The lowest BCUT2D eigenvalue weighted by Crippen LogP contribution is -2.46. The average molecular weight is 416 g/mol. The number of halogens is 1. The largest absolute Gasteiger partial charge is 0.385 e. The summed E-state index contributed by atoms with van der Waals surface area (Å²) in [7, 11) is 1.69. The van der Waals surface area contributed by atoms with Gasteiger partial charge < -0.3 is 14.2 Å². The van der Waals surface area contributed by atoms with Gasteiger partial charge in [0.25, 0.3) is 5.89 Å². The van der Waals surface area contributed by atoms with Gasteiger partial charge in [0.1, 0.15) is 5.82 Å². The van der Waals surface area contributed by atoms with Gasteiger partial charge in [-0.25, -0.2) is 4.39 Å². The number of piperidine rings is 1. The SMILES string of the molecule is COCCC1(c2noc(-c3ccc(F)cc3)n2)CCN(C(=O)CC2CCCC2)CC1. The third-order valence-electron chi connectivity index (χ3n) is 6.79. The molecule has 0 spiro atoms. The molecule has 2 aromatic rings. The zero-order valence-electron chi connectivity index (χ0n) is 17.6. The second-order valence-corrected chi connectivity index (χ2v) is 8.69. The van der Waals surface area contributed by atoms with Crippen molar-refractivity contribution in [2.24, 2.45) is 5.92 Å². The van der Waals surface area contributed by atoms with Crippen molar-refractivity contribution in [3.05, 3.63) is 35.9 Å². The molecule has 2 heterocycles. The van der Waals surface area contributed by atoms with Crippen LogP contribution in [0.1, 0.15) is 57.2 Å². The normalized spacial score (nSPS) is 19.3. The van der Waals surface area contributed by atoms with E-state index in [4.69, 9.17) is 9.26 Å². The molecule has 1 aromatic heterocycles. The fourth-order valence-corrected chi connectivity index (χ4v) is 4.81. The molecule has 1 aromatic carbocycles. The van der Waals surface area contributed by atoms with Crippen LogP contribution >= 0.6 is 0 Å². The van der Waals surface area contributed by atoms with Crippen LogP contribution in [0.25, 0.3) is 11.5 Å². The standard InChI is InChI=1S/C23H30FN3O3/c1-29-15-12-23(22-25-21(30-26-22)18-6-8-19(24)9-7-18)10-13-27(14-11-23)20(28)16-17-4-2-3-5-17/h6-9,17H,2-5,10-16H2,1H3. The highest BCUT2D eigenvalue weighted by molar-refractivity contribution is 5.76. The van der Waals surface area contributed by atoms with Crippen LogP contribution in [-0.2, 0) is 14.9 Å². The Morgan fingerprint density at radius 3 is 2.60 bits per heavy atom. The first-order chi connectivity index (χ1) is 14.6. The van der Waals surface area contributed by atoms with Gasteiger partial charge in [-0.3, -0.25) is 4.79 Å². The lowest BCUT2D eigenvalue weighted by Gasteiger charge is -2.40. The highest BCUT2D eigenvalue weighted by atomic mass is 19.1. The van der Waals surface area contributed by atoms with Crippen molar-refractivity contribution in [2.75, 3.05) is 26.8 Å². The molecule has 7 heteroatoms. The van der Waals surface area contributed by atoms with Crippen molar-refractivity contribution in [3.8, 4) is 11.5 Å². The lowest BCUT2D eigenvalue weighted by molar-refractivity contribution is -0.134. The first-order valence-corrected chi connectivity index (χ1v) is 11.0. The Hall–Kier alpha value is -2.28. The van der Waals surface area contributed by atoms with Gasteiger partial charge in [0.15, 0.2) is 5.82 Å². The van der Waals surface area contributed by atoms with Crippen LogP contribution in [0.2, 0.25) is 0 Å². The minimum atomic E-state index is -0.301. The molecule has 0 unspecified atom stereocenters. The summed E-state index contributed by atoms with van der Waals surface area (Å²) in [5.74, 6) is 1.59. The molecule has 0 N–H and O–H groups in total. The van der Waals surface area contributed by atoms with E-state index < -0.39 is 0 Å². The van der Waals surface area contributed by atoms with Crippen molar-refractivity contribution in [2.45, 2.75) is 56.8 Å². The first kappa shape index (κ1) is 21.0. The summed E-state index contributed by atoms with van der Waals surface area (Å²) in [5.41, 5.74) is 0.420. The molecule has 6 nitrogen and oxygen atoms in total. The third kappa shape index (κ3) is 4.56. The molecule has 0 bridgehead atoms. The van der Waals surface area contributed by atoms with E-state index in [0.29, 0.717) is 49.3 Å². The zero-order chi connectivity index (χ0) is 21.0. The van der Waals surface area contributed by atoms with Gasteiger partial charge >= 0.3 is 0 Å². The van der Waals surface area contributed by atoms with Crippen LogP contribution in [0.15, 0.2) is 28.8 Å². The summed E-state index contributed by atoms with van der Waals surface area (Å²) in [5, 5.41) is 4.28. The topological polar surface area (TPSA) is 68.5 Å². The number of rotatable bonds is 7. The molecule has 1 aliphatic heterocycles. The van der Waals surface area contributed by atoms with Gasteiger partial charge in [0, 0.05) is 44.2 Å². The van der Waals surface area contributed by atoms with Gasteiger partial charge in [0.05, 0.1) is 0 Å². The summed E-state index contributed by atoms with van der Waals surface area (Å²) >= 11 is 0. The number of carbonyl (C=O) groups excluding carboxylic acids is 1. The third-order valence-corrected chi connectivity index (χ3v) is 6.79. The Labute approximate surface area is 176 Å². The molecule has 1 saturated carbocycles. The minimum Gasteiger partial charge on any atom is -0.385 e. The van der Waals surface area contributed by atoms with Crippen LogP contribution < -0.4 is 0 Å². The van der Waals surface area contributed by atoms with E-state index in [-0.39, 0.29) is 17.1 Å². The van der Waals surface area contributed by atoms with Gasteiger partial charge in [-0.15, -0.1) is 0 Å². The predicted octanol–water partition coefficient (Wildman–Crippen LogP) is 4.35. The number of methoxy groups -OCH3 is 1. The van der Waals surface area contributed by atoms with Crippen molar-refractivity contribution in [3.63, 3.8) is 0 Å². The molecule has 2 aliphatic rings. The average Bonchev–Trinajstić information content (AvgIpc) is 3.46. The van der Waals surface area contributed by atoms with E-state index in [9.17, 15) is 9.18 Å². The smallest absolute Gasteiger partial charge is 0.257 e. The highest BCUT2D eigenvalue weighted by Crippen LogP contribution is 2.38. The van der Waals surface area contributed by atoms with Crippen LogP contribution in [0.5, 0.6) is 0 Å². The van der Waals surface area contributed by atoms with Crippen LogP contribution in [-0.4, -0.2) is 47.8 Å². The van der Waals surface area contributed by atoms with Crippen molar-refractivity contribution < 1.29 is 18.4 Å². The van der Waals surface area contributed by atoms with E-state index in [2.05, 4.69) is 10.1 Å². The summed E-state index contributed by atoms with van der Waals surface area (Å²) in [6, 6.07) is 6.04. The lowest BCUT2D eigenvalue weighted by atomic mass is 9.75. The van der Waals surface area contributed by atoms with E-state index >= 15 is 0 Å². The molecule has 30 heavy (non-hydrogen) atoms. The molecule has 1 aliphatic carbocycles. The summed E-state index contributed by atoms with van der Waals surface area (Å²) in [6.07, 6.45) is 7.92. The van der Waals surface area contributed by atoms with E-state index in [1.807, 2.05) is 4.90 Å². The van der Waals surface area contributed by atoms with Gasteiger partial charge in [-0.1, -0.05) is 18.0 Å². The van der Waals surface area contributed by atoms with E-state index in [0.717, 1.165) is 19.3 Å². The Kier molecular flexibility index (Phi) is 6.46. The Balaban J connectivity index is 1.46. The number of ether oxygens (including phenoxy) is 1. The predicted molar refractivity (Wildman–Crippen MR) is 110 cm³/mol. The van der Waals surface area contributed by atoms with Gasteiger partial charge in [-0.05, 0) is 62.3 Å². The Morgan fingerprint density at radius 1 is 1.23 bits per heavy atom. The molecule has 2 fully saturated rings. The second-order valence-electron chi connectivity index (χ2n) is 8.69. The summed E-state index contributed by atoms with van der Waals surface area (Å²) < 4.78 is 24.1. The maximum Gasteiger partial charge on any atom is 0.257 e. The molecule has 0 atom stereocenters. The summed E-state index contributed by atoms with van der Waals surface area (Å²) in [4.78, 5) is 19.4. The number of amides is 1. The van der Waals surface area contributed by atoms with Crippen LogP contribution in [0, 0.1) is 11.7 Å². The van der Waals surface area contributed by atoms with Gasteiger partial charge in [0.2, 0.25) is 5.91 Å². The second kappa shape index (κ2) is 9.25. The fourth-order valence-electron chi connectivity index (χ4n) is 4.81. The molecule has 1 amide bonds. The zero-order valence-corrected chi connectivity index (χ0v) is 17.6. The number of hydrogen-bond donors (Lipinski definition) is 0. The number of nitrogens with zero attached hydrogens (tertiary/aromatic N) is 3. The molecular formula is C23H30FN3O3.